The minimum atomic E-state index is -5.50. The molecular formula is C23H28F3N5O3S. The summed E-state index contributed by atoms with van der Waals surface area (Å²) in [6.45, 7) is 2.41. The van der Waals surface area contributed by atoms with Crippen molar-refractivity contribution in [1.82, 2.24) is 14.3 Å². The van der Waals surface area contributed by atoms with Gasteiger partial charge in [0, 0.05) is 49.8 Å². The Morgan fingerprint density at radius 2 is 1.91 bits per heavy atom. The van der Waals surface area contributed by atoms with Gasteiger partial charge in [0.15, 0.2) is 0 Å². The molecule has 1 atom stereocenters. The van der Waals surface area contributed by atoms with E-state index in [1.165, 1.54) is 0 Å². The highest BCUT2D eigenvalue weighted by atomic mass is 32.2. The van der Waals surface area contributed by atoms with Gasteiger partial charge in [0.25, 0.3) is 0 Å². The molecular weight excluding hydrogens is 483 g/mol. The first kappa shape index (κ1) is 23.1. The number of ether oxygens (including phenoxy) is 1. The number of nitrogens with one attached hydrogen (secondary N) is 1. The molecule has 0 amide bonds. The van der Waals surface area contributed by atoms with Gasteiger partial charge in [-0.1, -0.05) is 0 Å². The summed E-state index contributed by atoms with van der Waals surface area (Å²) < 4.78 is 72.8. The van der Waals surface area contributed by atoms with E-state index in [4.69, 9.17) is 4.74 Å². The molecule has 2 aliphatic heterocycles. The molecule has 0 spiro atoms. The smallest absolute Gasteiger partial charge is 0.378 e. The van der Waals surface area contributed by atoms with E-state index in [9.17, 15) is 21.6 Å². The van der Waals surface area contributed by atoms with Crippen molar-refractivity contribution in [1.29, 1.82) is 0 Å². The fourth-order valence-corrected chi connectivity index (χ4v) is 7.21. The van der Waals surface area contributed by atoms with Crippen LogP contribution in [0.4, 0.5) is 24.5 Å². The molecule has 1 saturated heterocycles. The van der Waals surface area contributed by atoms with E-state index in [0.717, 1.165) is 36.3 Å². The Balaban J connectivity index is 1.45. The van der Waals surface area contributed by atoms with Crippen molar-refractivity contribution in [3.8, 4) is 0 Å². The summed E-state index contributed by atoms with van der Waals surface area (Å²) in [5.74, 6) is 0.600. The topological polar surface area (TPSA) is 81.8 Å². The number of alkyl halides is 3. The summed E-state index contributed by atoms with van der Waals surface area (Å²) in [7, 11) is -5.50. The predicted molar refractivity (Wildman–Crippen MR) is 123 cm³/mol. The lowest BCUT2D eigenvalue weighted by molar-refractivity contribution is -0.129. The van der Waals surface area contributed by atoms with Crippen LogP contribution in [0.1, 0.15) is 30.5 Å². The second-order valence-corrected chi connectivity index (χ2v) is 12.1. The Morgan fingerprint density at radius 3 is 2.51 bits per heavy atom. The molecule has 4 fully saturated rings. The second kappa shape index (κ2) is 8.10. The molecule has 0 unspecified atom stereocenters. The Hall–Kier alpha value is -2.31. The first-order valence-electron chi connectivity index (χ1n) is 11.9. The molecule has 8 nitrogen and oxygen atoms in total. The maximum atomic E-state index is 13.7. The molecule has 35 heavy (non-hydrogen) atoms. The number of sulfonamides is 1. The van der Waals surface area contributed by atoms with Crippen LogP contribution >= 0.6 is 0 Å². The summed E-state index contributed by atoms with van der Waals surface area (Å²) in [6, 6.07) is 5.42. The number of anilines is 2. The van der Waals surface area contributed by atoms with Gasteiger partial charge in [-0.15, -0.1) is 0 Å². The van der Waals surface area contributed by atoms with E-state index >= 15 is 0 Å². The van der Waals surface area contributed by atoms with Crippen molar-refractivity contribution in [2.24, 2.45) is 11.3 Å². The number of halogens is 3. The SMILES string of the molecule is O=S(=O)(N1Cc2cc(N3CCOCC3)ccc2N(Cc2cnc[nH]2)[C@H](C23CC(C2)C3)C1)C(F)(F)F. The quantitative estimate of drug-likeness (QED) is 0.665. The van der Waals surface area contributed by atoms with Gasteiger partial charge in [0.2, 0.25) is 0 Å². The molecule has 2 bridgehead atoms. The fourth-order valence-electron chi connectivity index (χ4n) is 6.27. The van der Waals surface area contributed by atoms with E-state index in [2.05, 4.69) is 19.8 Å². The Labute approximate surface area is 202 Å². The highest BCUT2D eigenvalue weighted by molar-refractivity contribution is 7.89. The summed E-state index contributed by atoms with van der Waals surface area (Å²) >= 11 is 0. The third-order valence-corrected chi connectivity index (χ3v) is 9.71. The minimum absolute atomic E-state index is 0.158. The first-order chi connectivity index (χ1) is 16.7. The average molecular weight is 512 g/mol. The van der Waals surface area contributed by atoms with Crippen molar-refractivity contribution < 1.29 is 26.3 Å². The van der Waals surface area contributed by atoms with Gasteiger partial charge in [0.05, 0.1) is 31.8 Å². The Bertz CT molecular complexity index is 1180. The summed E-state index contributed by atoms with van der Waals surface area (Å²) in [6.07, 6.45) is 6.07. The fraction of sp³-hybridized carbons (Fsp3) is 0.609. The third kappa shape index (κ3) is 3.80. The maximum absolute atomic E-state index is 13.7. The van der Waals surface area contributed by atoms with Gasteiger partial charge < -0.3 is 19.5 Å². The highest BCUT2D eigenvalue weighted by Gasteiger charge is 2.63. The summed E-state index contributed by atoms with van der Waals surface area (Å²) in [5, 5.41) is 0. The molecule has 3 aliphatic carbocycles. The standard InChI is InChI=1S/C23H28F3N5O3S/c24-23(25,26)35(32,33)30-12-17-7-19(29-3-5-34-6-4-29)1-2-20(17)31(13-18-11-27-15-28-18)21(14-30)22-8-16(9-22)10-22/h1-2,7,11,15-16,21H,3-6,8-10,12-14H2,(H,27,28)/t16?,21-,22?/m0/s1. The zero-order valence-electron chi connectivity index (χ0n) is 19.2. The largest absolute Gasteiger partial charge is 0.511 e. The van der Waals surface area contributed by atoms with Crippen LogP contribution in [-0.4, -0.2) is 67.1 Å². The number of morpholine rings is 1. The van der Waals surface area contributed by atoms with Crippen LogP contribution < -0.4 is 9.80 Å². The van der Waals surface area contributed by atoms with E-state index in [-0.39, 0.29) is 24.5 Å². The number of benzene rings is 1. The maximum Gasteiger partial charge on any atom is 0.511 e. The van der Waals surface area contributed by atoms with Crippen molar-refractivity contribution in [3.05, 3.63) is 42.0 Å². The average Bonchev–Trinajstić information content (AvgIpc) is 3.22. The lowest BCUT2D eigenvalue weighted by Gasteiger charge is -2.67. The first-order valence-corrected chi connectivity index (χ1v) is 13.4. The number of aromatic nitrogens is 2. The van der Waals surface area contributed by atoms with E-state index in [1.807, 2.05) is 18.2 Å². The molecule has 3 heterocycles. The van der Waals surface area contributed by atoms with Crippen LogP contribution in [0.25, 0.3) is 0 Å². The molecule has 1 N–H and O–H groups in total. The van der Waals surface area contributed by atoms with Gasteiger partial charge in [-0.3, -0.25) is 0 Å². The third-order valence-electron chi connectivity index (χ3n) is 8.17. The number of nitrogens with zero attached hydrogens (tertiary/aromatic N) is 4. The number of H-pyrrole nitrogens is 1. The van der Waals surface area contributed by atoms with Crippen molar-refractivity contribution in [2.75, 3.05) is 42.6 Å². The zero-order chi connectivity index (χ0) is 24.4. The Kier molecular flexibility index (Phi) is 5.35. The Morgan fingerprint density at radius 1 is 1.17 bits per heavy atom. The molecule has 190 valence electrons. The molecule has 1 aromatic carbocycles. The lowest BCUT2D eigenvalue weighted by atomic mass is 9.41. The minimum Gasteiger partial charge on any atom is -0.378 e. The molecule has 12 heteroatoms. The zero-order valence-corrected chi connectivity index (χ0v) is 20.0. The van der Waals surface area contributed by atoms with Crippen molar-refractivity contribution >= 4 is 21.4 Å². The van der Waals surface area contributed by atoms with Crippen LogP contribution in [0.5, 0.6) is 0 Å². The highest BCUT2D eigenvalue weighted by Crippen LogP contribution is 2.67. The van der Waals surface area contributed by atoms with E-state index in [1.54, 1.807) is 12.5 Å². The van der Waals surface area contributed by atoms with E-state index < -0.39 is 15.5 Å². The van der Waals surface area contributed by atoms with E-state index in [0.29, 0.717) is 48.6 Å². The van der Waals surface area contributed by atoms with Crippen LogP contribution in [0.2, 0.25) is 0 Å². The number of hydrogen-bond donors (Lipinski definition) is 1. The van der Waals surface area contributed by atoms with Crippen molar-refractivity contribution in [3.63, 3.8) is 0 Å². The summed E-state index contributed by atoms with van der Waals surface area (Å²) in [4.78, 5) is 11.4. The van der Waals surface area contributed by atoms with Gasteiger partial charge in [-0.05, 0) is 54.4 Å². The second-order valence-electron chi connectivity index (χ2n) is 10.2. The molecule has 7 rings (SSSR count). The van der Waals surface area contributed by atoms with Crippen LogP contribution in [0, 0.1) is 11.3 Å². The number of aromatic amines is 1. The summed E-state index contributed by atoms with van der Waals surface area (Å²) in [5.41, 5.74) is -2.45. The molecule has 2 aromatic rings. The number of hydrogen-bond acceptors (Lipinski definition) is 6. The number of imidazole rings is 1. The van der Waals surface area contributed by atoms with Gasteiger partial charge >= 0.3 is 15.5 Å². The molecule has 0 radical (unpaired) electrons. The predicted octanol–water partition coefficient (Wildman–Crippen LogP) is 3.09. The van der Waals surface area contributed by atoms with Crippen LogP contribution in [0.15, 0.2) is 30.7 Å². The molecule has 1 aromatic heterocycles. The van der Waals surface area contributed by atoms with Gasteiger partial charge in [-0.25, -0.2) is 13.4 Å². The number of rotatable bonds is 5. The van der Waals surface area contributed by atoms with Crippen LogP contribution in [-0.2, 0) is 27.8 Å². The normalized spacial score (nSPS) is 29.2. The van der Waals surface area contributed by atoms with Crippen LogP contribution in [0.3, 0.4) is 0 Å². The van der Waals surface area contributed by atoms with Gasteiger partial charge in [-0.2, -0.15) is 17.5 Å². The monoisotopic (exact) mass is 511 g/mol. The molecule has 3 saturated carbocycles. The number of fused-ring (bicyclic) bond motifs is 1. The van der Waals surface area contributed by atoms with Crippen molar-refractivity contribution in [2.45, 2.75) is 43.9 Å². The lowest BCUT2D eigenvalue weighted by Crippen LogP contribution is -2.66. The van der Waals surface area contributed by atoms with Gasteiger partial charge in [0.1, 0.15) is 0 Å². The molecule has 5 aliphatic rings.